The number of carbonyl (C=O) groups is 1. The first-order chi connectivity index (χ1) is 13.2. The number of nitrogens with zero attached hydrogens (tertiary/aromatic N) is 1. The fourth-order valence-corrected chi connectivity index (χ4v) is 4.56. The van der Waals surface area contributed by atoms with Crippen LogP contribution in [-0.4, -0.2) is 31.7 Å². The zero-order valence-corrected chi connectivity index (χ0v) is 15.7. The molecule has 2 aromatic carbocycles. The van der Waals surface area contributed by atoms with Crippen molar-refractivity contribution in [3.8, 4) is 0 Å². The lowest BCUT2D eigenvalue weighted by Gasteiger charge is -2.26. The highest BCUT2D eigenvalue weighted by Gasteiger charge is 2.30. The van der Waals surface area contributed by atoms with Gasteiger partial charge in [-0.05, 0) is 55.3 Å². The van der Waals surface area contributed by atoms with Crippen LogP contribution in [0.1, 0.15) is 35.2 Å². The molecule has 1 heterocycles. The molecule has 3 rings (SSSR count). The summed E-state index contributed by atoms with van der Waals surface area (Å²) in [6.45, 7) is 0.897. The summed E-state index contributed by atoms with van der Waals surface area (Å²) < 4.78 is 64.7. The molecule has 0 aromatic heterocycles. The van der Waals surface area contributed by atoms with Crippen LogP contribution in [0, 0.1) is 0 Å². The summed E-state index contributed by atoms with van der Waals surface area (Å²) >= 11 is 0. The van der Waals surface area contributed by atoms with Gasteiger partial charge in [0.2, 0.25) is 10.0 Å². The predicted molar refractivity (Wildman–Crippen MR) is 98.4 cm³/mol. The minimum Gasteiger partial charge on any atom is -0.322 e. The highest BCUT2D eigenvalue weighted by molar-refractivity contribution is 7.89. The van der Waals surface area contributed by atoms with Gasteiger partial charge in [0.25, 0.3) is 5.91 Å². The van der Waals surface area contributed by atoms with E-state index in [0.717, 1.165) is 43.5 Å². The van der Waals surface area contributed by atoms with Crippen LogP contribution in [-0.2, 0) is 16.2 Å². The van der Waals surface area contributed by atoms with Gasteiger partial charge < -0.3 is 5.32 Å². The number of nitrogens with one attached hydrogen (secondary N) is 1. The second kappa shape index (κ2) is 7.92. The van der Waals surface area contributed by atoms with E-state index < -0.39 is 27.7 Å². The van der Waals surface area contributed by atoms with Crippen molar-refractivity contribution in [1.82, 2.24) is 4.31 Å². The molecule has 2 aromatic rings. The van der Waals surface area contributed by atoms with Crippen molar-refractivity contribution in [2.45, 2.75) is 30.3 Å². The number of alkyl halides is 3. The molecule has 28 heavy (non-hydrogen) atoms. The summed E-state index contributed by atoms with van der Waals surface area (Å²) in [5.74, 6) is -0.601. The molecule has 150 valence electrons. The lowest BCUT2D eigenvalue weighted by atomic mass is 10.2. The maximum atomic E-state index is 12.7. The molecular weight excluding hydrogens is 393 g/mol. The number of rotatable bonds is 4. The highest BCUT2D eigenvalue weighted by Crippen LogP contribution is 2.30. The summed E-state index contributed by atoms with van der Waals surface area (Å²) in [5, 5.41) is 2.48. The SMILES string of the molecule is O=C(Nc1ccc(C(F)(F)F)cc1)c1cccc(S(=O)(=O)N2CCCCC2)c1. The van der Waals surface area contributed by atoms with Crippen LogP contribution in [0.5, 0.6) is 0 Å². The summed E-state index contributed by atoms with van der Waals surface area (Å²) in [7, 11) is -3.68. The standard InChI is InChI=1S/C19H19F3N2O3S/c20-19(21,22)15-7-9-16(10-8-15)23-18(25)14-5-4-6-17(13-14)28(26,27)24-11-2-1-3-12-24/h4-10,13H,1-3,11-12H2,(H,23,25). The van der Waals surface area contributed by atoms with E-state index >= 15 is 0 Å². The minimum atomic E-state index is -4.46. The first-order valence-electron chi connectivity index (χ1n) is 8.77. The highest BCUT2D eigenvalue weighted by atomic mass is 32.2. The Balaban J connectivity index is 1.77. The van der Waals surface area contributed by atoms with Crippen molar-refractivity contribution in [2.75, 3.05) is 18.4 Å². The quantitative estimate of drug-likeness (QED) is 0.821. The largest absolute Gasteiger partial charge is 0.416 e. The Morgan fingerprint density at radius 2 is 1.61 bits per heavy atom. The molecule has 5 nitrogen and oxygen atoms in total. The summed E-state index contributed by atoms with van der Waals surface area (Å²) in [6, 6.07) is 9.67. The van der Waals surface area contributed by atoms with Gasteiger partial charge in [0.15, 0.2) is 0 Å². The number of halogens is 3. The Bertz CT molecular complexity index is 951. The Morgan fingerprint density at radius 3 is 2.21 bits per heavy atom. The van der Waals surface area contributed by atoms with E-state index in [9.17, 15) is 26.4 Å². The monoisotopic (exact) mass is 412 g/mol. The molecule has 0 bridgehead atoms. The second-order valence-electron chi connectivity index (χ2n) is 6.52. The average molecular weight is 412 g/mol. The molecule has 0 unspecified atom stereocenters. The van der Waals surface area contributed by atoms with Crippen molar-refractivity contribution in [3.05, 3.63) is 59.7 Å². The molecule has 0 atom stereocenters. The number of carbonyl (C=O) groups excluding carboxylic acids is 1. The lowest BCUT2D eigenvalue weighted by molar-refractivity contribution is -0.137. The third kappa shape index (κ3) is 4.53. The molecular formula is C19H19F3N2O3S. The van der Waals surface area contributed by atoms with Crippen LogP contribution in [0.2, 0.25) is 0 Å². The molecule has 1 aliphatic rings. The number of sulfonamides is 1. The summed E-state index contributed by atoms with van der Waals surface area (Å²) in [6.07, 6.45) is -1.87. The van der Waals surface area contributed by atoms with E-state index in [2.05, 4.69) is 5.32 Å². The molecule has 1 fully saturated rings. The van der Waals surface area contributed by atoms with Crippen molar-refractivity contribution < 1.29 is 26.4 Å². The molecule has 1 saturated heterocycles. The van der Waals surface area contributed by atoms with Crippen molar-refractivity contribution in [3.63, 3.8) is 0 Å². The van der Waals surface area contributed by atoms with Gasteiger partial charge in [-0.1, -0.05) is 12.5 Å². The summed E-state index contributed by atoms with van der Waals surface area (Å²) in [5.41, 5.74) is -0.527. The average Bonchev–Trinajstić information content (AvgIpc) is 2.68. The third-order valence-corrected chi connectivity index (χ3v) is 6.41. The predicted octanol–water partition coefficient (Wildman–Crippen LogP) is 4.13. The van der Waals surface area contributed by atoms with Gasteiger partial charge in [-0.25, -0.2) is 8.42 Å². The van der Waals surface area contributed by atoms with Crippen molar-refractivity contribution in [1.29, 1.82) is 0 Å². The van der Waals surface area contributed by atoms with Crippen molar-refractivity contribution in [2.24, 2.45) is 0 Å². The number of hydrogen-bond acceptors (Lipinski definition) is 3. The van der Waals surface area contributed by atoms with E-state index in [0.29, 0.717) is 13.1 Å². The van der Waals surface area contributed by atoms with E-state index in [1.165, 1.54) is 28.6 Å². The van der Waals surface area contributed by atoms with E-state index in [-0.39, 0.29) is 16.1 Å². The fourth-order valence-electron chi connectivity index (χ4n) is 3.00. The zero-order chi connectivity index (χ0) is 20.4. The minimum absolute atomic E-state index is 0.0227. The smallest absolute Gasteiger partial charge is 0.322 e. The van der Waals surface area contributed by atoms with Crippen LogP contribution in [0.3, 0.4) is 0 Å². The van der Waals surface area contributed by atoms with Gasteiger partial charge in [0.05, 0.1) is 10.5 Å². The fraction of sp³-hybridized carbons (Fsp3) is 0.316. The van der Waals surface area contributed by atoms with Gasteiger partial charge in [0, 0.05) is 24.3 Å². The first-order valence-corrected chi connectivity index (χ1v) is 10.2. The second-order valence-corrected chi connectivity index (χ2v) is 8.46. The maximum Gasteiger partial charge on any atom is 0.416 e. The Morgan fingerprint density at radius 1 is 0.964 bits per heavy atom. The van der Waals surface area contributed by atoms with Gasteiger partial charge in [-0.15, -0.1) is 0 Å². The Labute approximate surface area is 161 Å². The molecule has 1 N–H and O–H groups in total. The number of piperidine rings is 1. The normalized spacial score (nSPS) is 16.0. The number of amides is 1. The van der Waals surface area contributed by atoms with E-state index in [1.54, 1.807) is 0 Å². The molecule has 1 aliphatic heterocycles. The van der Waals surface area contributed by atoms with Gasteiger partial charge in [-0.3, -0.25) is 4.79 Å². The van der Waals surface area contributed by atoms with Crippen LogP contribution >= 0.6 is 0 Å². The van der Waals surface area contributed by atoms with Crippen molar-refractivity contribution >= 4 is 21.6 Å². The number of hydrogen-bond donors (Lipinski definition) is 1. The van der Waals surface area contributed by atoms with Gasteiger partial charge in [0.1, 0.15) is 0 Å². The van der Waals surface area contributed by atoms with Crippen LogP contribution in [0.25, 0.3) is 0 Å². The first kappa shape index (κ1) is 20.3. The van der Waals surface area contributed by atoms with Gasteiger partial charge >= 0.3 is 6.18 Å². The molecule has 1 amide bonds. The lowest BCUT2D eigenvalue weighted by Crippen LogP contribution is -2.35. The molecule has 0 aliphatic carbocycles. The zero-order valence-electron chi connectivity index (χ0n) is 14.9. The van der Waals surface area contributed by atoms with E-state index in [1.807, 2.05) is 0 Å². The molecule has 0 radical (unpaired) electrons. The molecule has 0 saturated carbocycles. The third-order valence-electron chi connectivity index (χ3n) is 4.52. The van der Waals surface area contributed by atoms with Crippen LogP contribution in [0.4, 0.5) is 18.9 Å². The maximum absolute atomic E-state index is 12.7. The van der Waals surface area contributed by atoms with Crippen LogP contribution < -0.4 is 5.32 Å². The summed E-state index contributed by atoms with van der Waals surface area (Å²) in [4.78, 5) is 12.4. The molecule has 9 heteroatoms. The van der Waals surface area contributed by atoms with Gasteiger partial charge in [-0.2, -0.15) is 17.5 Å². The number of benzene rings is 2. The topological polar surface area (TPSA) is 66.5 Å². The molecule has 0 spiro atoms. The Kier molecular flexibility index (Phi) is 5.76. The van der Waals surface area contributed by atoms with Crippen LogP contribution in [0.15, 0.2) is 53.4 Å². The number of anilines is 1. The Hall–Kier alpha value is -2.39. The van der Waals surface area contributed by atoms with E-state index in [4.69, 9.17) is 0 Å².